The van der Waals surface area contributed by atoms with E-state index in [1.807, 2.05) is 19.9 Å². The number of nitrogens with one attached hydrogen (secondary N) is 1. The summed E-state index contributed by atoms with van der Waals surface area (Å²) in [6.07, 6.45) is 0. The molecule has 0 fully saturated rings. The Morgan fingerprint density at radius 3 is 2.62 bits per heavy atom. The SMILES string of the molecule is C/C(=N/NC(=O)c1cc(Cl)ccc1O)c1cc(C)oc1C. The number of aromatic hydroxyl groups is 1. The highest BCUT2D eigenvalue weighted by Gasteiger charge is 2.12. The van der Waals surface area contributed by atoms with Gasteiger partial charge in [-0.25, -0.2) is 5.43 Å². The number of aryl methyl sites for hydroxylation is 2. The Labute approximate surface area is 127 Å². The number of furan rings is 1. The summed E-state index contributed by atoms with van der Waals surface area (Å²) in [7, 11) is 0. The molecule has 0 radical (unpaired) electrons. The Bertz CT molecular complexity index is 720. The van der Waals surface area contributed by atoms with Crippen molar-refractivity contribution in [3.63, 3.8) is 0 Å². The van der Waals surface area contributed by atoms with Gasteiger partial charge in [0.05, 0.1) is 11.3 Å². The third kappa shape index (κ3) is 3.44. The number of hydrazone groups is 1. The van der Waals surface area contributed by atoms with E-state index >= 15 is 0 Å². The summed E-state index contributed by atoms with van der Waals surface area (Å²) < 4.78 is 5.41. The van der Waals surface area contributed by atoms with E-state index in [2.05, 4.69) is 10.5 Å². The molecule has 1 amide bonds. The maximum absolute atomic E-state index is 12.0. The van der Waals surface area contributed by atoms with Crippen LogP contribution in [0.15, 0.2) is 33.8 Å². The lowest BCUT2D eigenvalue weighted by Crippen LogP contribution is -2.19. The molecule has 0 bridgehead atoms. The molecule has 0 aliphatic carbocycles. The lowest BCUT2D eigenvalue weighted by atomic mass is 10.2. The van der Waals surface area contributed by atoms with Crippen molar-refractivity contribution in [3.8, 4) is 5.75 Å². The number of amides is 1. The van der Waals surface area contributed by atoms with Crippen LogP contribution in [0.3, 0.4) is 0 Å². The van der Waals surface area contributed by atoms with Crippen molar-refractivity contribution in [3.05, 3.63) is 51.9 Å². The molecule has 0 spiro atoms. The fourth-order valence-electron chi connectivity index (χ4n) is 1.94. The molecule has 0 saturated heterocycles. The lowest BCUT2D eigenvalue weighted by molar-refractivity contribution is 0.0952. The summed E-state index contributed by atoms with van der Waals surface area (Å²) in [6.45, 7) is 5.42. The summed E-state index contributed by atoms with van der Waals surface area (Å²) >= 11 is 5.80. The monoisotopic (exact) mass is 306 g/mol. The zero-order valence-electron chi connectivity index (χ0n) is 11.9. The van der Waals surface area contributed by atoms with E-state index in [4.69, 9.17) is 16.0 Å². The Hall–Kier alpha value is -2.27. The van der Waals surface area contributed by atoms with Gasteiger partial charge in [0, 0.05) is 10.6 Å². The van der Waals surface area contributed by atoms with Gasteiger partial charge < -0.3 is 9.52 Å². The van der Waals surface area contributed by atoms with Crippen molar-refractivity contribution in [2.24, 2.45) is 5.10 Å². The van der Waals surface area contributed by atoms with Gasteiger partial charge in [0.2, 0.25) is 0 Å². The van der Waals surface area contributed by atoms with E-state index in [-0.39, 0.29) is 11.3 Å². The van der Waals surface area contributed by atoms with Gasteiger partial charge >= 0.3 is 0 Å². The first-order valence-corrected chi connectivity index (χ1v) is 6.67. The van der Waals surface area contributed by atoms with Crippen molar-refractivity contribution in [2.45, 2.75) is 20.8 Å². The van der Waals surface area contributed by atoms with Gasteiger partial charge in [-0.1, -0.05) is 11.6 Å². The number of nitrogens with zero attached hydrogens (tertiary/aromatic N) is 1. The zero-order valence-corrected chi connectivity index (χ0v) is 12.7. The highest BCUT2D eigenvalue weighted by Crippen LogP contribution is 2.21. The highest BCUT2D eigenvalue weighted by atomic mass is 35.5. The second-order valence-corrected chi connectivity index (χ2v) is 5.06. The minimum absolute atomic E-state index is 0.0687. The van der Waals surface area contributed by atoms with Crippen molar-refractivity contribution in [1.29, 1.82) is 0 Å². The third-order valence-electron chi connectivity index (χ3n) is 2.96. The molecule has 0 unspecified atom stereocenters. The van der Waals surface area contributed by atoms with E-state index in [0.29, 0.717) is 10.7 Å². The van der Waals surface area contributed by atoms with Gasteiger partial charge in [-0.15, -0.1) is 0 Å². The number of benzene rings is 1. The molecule has 0 saturated carbocycles. The fraction of sp³-hybridized carbons (Fsp3) is 0.200. The van der Waals surface area contributed by atoms with Crippen LogP contribution in [0.4, 0.5) is 0 Å². The second kappa shape index (κ2) is 6.01. The Balaban J connectivity index is 2.18. The Morgan fingerprint density at radius 1 is 1.29 bits per heavy atom. The van der Waals surface area contributed by atoms with E-state index in [1.54, 1.807) is 6.92 Å². The van der Waals surface area contributed by atoms with E-state index in [0.717, 1.165) is 17.1 Å². The van der Waals surface area contributed by atoms with E-state index in [1.165, 1.54) is 18.2 Å². The number of carbonyl (C=O) groups excluding carboxylic acids is 1. The smallest absolute Gasteiger partial charge is 0.275 e. The number of halogens is 1. The van der Waals surface area contributed by atoms with Crippen molar-refractivity contribution in [1.82, 2.24) is 5.43 Å². The molecule has 2 N–H and O–H groups in total. The first-order valence-electron chi connectivity index (χ1n) is 6.29. The minimum atomic E-state index is -0.535. The van der Waals surface area contributed by atoms with Crippen LogP contribution in [0.1, 0.15) is 34.4 Å². The molecule has 2 aromatic rings. The second-order valence-electron chi connectivity index (χ2n) is 4.63. The lowest BCUT2D eigenvalue weighted by Gasteiger charge is -2.04. The number of phenols is 1. The zero-order chi connectivity index (χ0) is 15.6. The van der Waals surface area contributed by atoms with Gasteiger partial charge in [-0.2, -0.15) is 5.10 Å². The third-order valence-corrected chi connectivity index (χ3v) is 3.19. The van der Waals surface area contributed by atoms with Crippen LogP contribution in [0, 0.1) is 13.8 Å². The van der Waals surface area contributed by atoms with Crippen molar-refractivity contribution >= 4 is 23.2 Å². The summed E-state index contributed by atoms with van der Waals surface area (Å²) in [5, 5.41) is 14.0. The predicted molar refractivity (Wildman–Crippen MR) is 81.0 cm³/mol. The number of carbonyl (C=O) groups is 1. The minimum Gasteiger partial charge on any atom is -0.507 e. The van der Waals surface area contributed by atoms with Gasteiger partial charge in [-0.3, -0.25) is 4.79 Å². The number of phenolic OH excluding ortho intramolecular Hbond substituents is 1. The van der Waals surface area contributed by atoms with Crippen LogP contribution >= 0.6 is 11.6 Å². The van der Waals surface area contributed by atoms with E-state index in [9.17, 15) is 9.90 Å². The molecule has 2 rings (SSSR count). The van der Waals surface area contributed by atoms with Gasteiger partial charge in [0.15, 0.2) is 0 Å². The maximum Gasteiger partial charge on any atom is 0.275 e. The van der Waals surface area contributed by atoms with Crippen LogP contribution in [0.25, 0.3) is 0 Å². The van der Waals surface area contributed by atoms with Crippen molar-refractivity contribution in [2.75, 3.05) is 0 Å². The van der Waals surface area contributed by atoms with Crippen LogP contribution in [0.5, 0.6) is 5.75 Å². The van der Waals surface area contributed by atoms with Crippen LogP contribution in [-0.2, 0) is 0 Å². The fourth-order valence-corrected chi connectivity index (χ4v) is 2.11. The Morgan fingerprint density at radius 2 is 2.00 bits per heavy atom. The van der Waals surface area contributed by atoms with Crippen molar-refractivity contribution < 1.29 is 14.3 Å². The summed E-state index contributed by atoms with van der Waals surface area (Å²) in [5.74, 6) is 0.816. The average molecular weight is 307 g/mol. The van der Waals surface area contributed by atoms with Crippen LogP contribution in [-0.4, -0.2) is 16.7 Å². The molecule has 5 nitrogen and oxygen atoms in total. The molecule has 1 aromatic carbocycles. The van der Waals surface area contributed by atoms with Gasteiger partial charge in [0.1, 0.15) is 17.3 Å². The Kier molecular flexibility index (Phi) is 4.33. The topological polar surface area (TPSA) is 74.8 Å². The molecular formula is C15H15ClN2O3. The molecule has 21 heavy (non-hydrogen) atoms. The maximum atomic E-state index is 12.0. The quantitative estimate of drug-likeness (QED) is 0.674. The number of hydrogen-bond donors (Lipinski definition) is 2. The summed E-state index contributed by atoms with van der Waals surface area (Å²) in [6, 6.07) is 6.08. The molecule has 0 aliphatic heterocycles. The largest absolute Gasteiger partial charge is 0.507 e. The highest BCUT2D eigenvalue weighted by molar-refractivity contribution is 6.31. The van der Waals surface area contributed by atoms with E-state index < -0.39 is 5.91 Å². The first kappa shape index (κ1) is 15.1. The molecule has 1 aromatic heterocycles. The number of hydrogen-bond acceptors (Lipinski definition) is 4. The predicted octanol–water partition coefficient (Wildman–Crippen LogP) is 3.41. The molecule has 1 heterocycles. The standard InChI is InChI=1S/C15H15ClN2O3/c1-8-6-12(10(3)21-8)9(2)17-18-15(20)13-7-11(16)4-5-14(13)19/h4-7,19H,1-3H3,(H,18,20)/b17-9-. The molecule has 6 heteroatoms. The first-order chi connectivity index (χ1) is 9.88. The van der Waals surface area contributed by atoms with Crippen LogP contribution in [0.2, 0.25) is 5.02 Å². The number of rotatable bonds is 3. The van der Waals surface area contributed by atoms with Gasteiger partial charge in [-0.05, 0) is 45.0 Å². The van der Waals surface area contributed by atoms with Gasteiger partial charge in [0.25, 0.3) is 5.91 Å². The normalized spacial score (nSPS) is 11.5. The molecular weight excluding hydrogens is 292 g/mol. The molecule has 0 atom stereocenters. The summed E-state index contributed by atoms with van der Waals surface area (Å²) in [5.41, 5.74) is 3.89. The van der Waals surface area contributed by atoms with Crippen LogP contribution < -0.4 is 5.43 Å². The summed E-state index contributed by atoms with van der Waals surface area (Å²) in [4.78, 5) is 12.0. The molecule has 110 valence electrons. The molecule has 0 aliphatic rings. The average Bonchev–Trinajstić information content (AvgIpc) is 2.77.